The molecule has 0 saturated carbocycles. The Morgan fingerprint density at radius 2 is 1.95 bits per heavy atom. The van der Waals surface area contributed by atoms with Crippen LogP contribution < -0.4 is 10.6 Å². The molecule has 1 aromatic rings. The second-order valence-corrected chi connectivity index (χ2v) is 6.75. The highest BCUT2D eigenvalue weighted by Gasteiger charge is 2.19. The largest absolute Gasteiger partial charge is 0.478 e. The Hall–Kier alpha value is -1.89. The standard InChI is InChI=1S/C14H18N2O4S/c1-9-8-10(13(17)18)2-3-12(9)16-14(19)15-11-4-6-21(20)7-5-11/h2-3,8,11H,4-7H2,1H3,(H,17,18)(H2,15,16,19). The van der Waals surface area contributed by atoms with Crippen molar-refractivity contribution in [2.75, 3.05) is 16.8 Å². The number of aromatic carboxylic acids is 1. The van der Waals surface area contributed by atoms with Crippen molar-refractivity contribution in [2.45, 2.75) is 25.8 Å². The summed E-state index contributed by atoms with van der Waals surface area (Å²) in [6.45, 7) is 1.74. The molecule has 0 bridgehead atoms. The number of rotatable bonds is 3. The van der Waals surface area contributed by atoms with Crippen LogP contribution in [0.2, 0.25) is 0 Å². The van der Waals surface area contributed by atoms with E-state index in [0.29, 0.717) is 22.8 Å². The number of carboxylic acid groups (broad SMARTS) is 1. The molecule has 2 amide bonds. The van der Waals surface area contributed by atoms with E-state index < -0.39 is 16.8 Å². The lowest BCUT2D eigenvalue weighted by Gasteiger charge is -2.22. The van der Waals surface area contributed by atoms with Gasteiger partial charge in [-0.05, 0) is 43.5 Å². The predicted octanol–water partition coefficient (Wildman–Crippen LogP) is 1.73. The Bertz CT molecular complexity index is 578. The molecule has 2 rings (SSSR count). The van der Waals surface area contributed by atoms with Gasteiger partial charge in [0, 0.05) is 34.0 Å². The first kappa shape index (κ1) is 15.5. The number of carbonyl (C=O) groups is 2. The lowest BCUT2D eigenvalue weighted by atomic mass is 10.1. The summed E-state index contributed by atoms with van der Waals surface area (Å²) in [5.74, 6) is 0.249. The van der Waals surface area contributed by atoms with Crippen LogP contribution in [-0.2, 0) is 10.8 Å². The number of urea groups is 1. The number of hydrogen-bond acceptors (Lipinski definition) is 3. The second kappa shape index (κ2) is 6.71. The monoisotopic (exact) mass is 310 g/mol. The summed E-state index contributed by atoms with van der Waals surface area (Å²) in [4.78, 5) is 22.8. The molecule has 0 radical (unpaired) electrons. The Labute approximate surface area is 125 Å². The van der Waals surface area contributed by atoms with Gasteiger partial charge in [-0.15, -0.1) is 0 Å². The summed E-state index contributed by atoms with van der Waals surface area (Å²) in [5, 5.41) is 14.5. The van der Waals surface area contributed by atoms with Crippen LogP contribution in [0.15, 0.2) is 18.2 Å². The van der Waals surface area contributed by atoms with Gasteiger partial charge in [-0.3, -0.25) is 4.21 Å². The summed E-state index contributed by atoms with van der Waals surface area (Å²) in [6.07, 6.45) is 1.44. The average molecular weight is 310 g/mol. The van der Waals surface area contributed by atoms with Crippen molar-refractivity contribution in [3.8, 4) is 0 Å². The number of anilines is 1. The maximum atomic E-state index is 11.9. The number of carboxylic acids is 1. The maximum Gasteiger partial charge on any atom is 0.335 e. The van der Waals surface area contributed by atoms with Crippen LogP contribution in [0.1, 0.15) is 28.8 Å². The Morgan fingerprint density at radius 1 is 1.29 bits per heavy atom. The molecule has 0 unspecified atom stereocenters. The molecule has 1 aliphatic rings. The fourth-order valence-corrected chi connectivity index (χ4v) is 3.52. The zero-order valence-corrected chi connectivity index (χ0v) is 12.5. The molecular formula is C14H18N2O4S. The molecule has 6 nitrogen and oxygen atoms in total. The number of aryl methyl sites for hydroxylation is 1. The van der Waals surface area contributed by atoms with Crippen molar-refractivity contribution < 1.29 is 18.9 Å². The molecule has 0 aromatic heterocycles. The van der Waals surface area contributed by atoms with Crippen molar-refractivity contribution in [1.29, 1.82) is 0 Å². The number of hydrogen-bond donors (Lipinski definition) is 3. The number of benzene rings is 1. The third kappa shape index (κ3) is 4.29. The van der Waals surface area contributed by atoms with Crippen LogP contribution in [-0.4, -0.2) is 38.9 Å². The van der Waals surface area contributed by atoms with E-state index in [0.717, 1.165) is 12.8 Å². The fraction of sp³-hybridized carbons (Fsp3) is 0.429. The first-order chi connectivity index (χ1) is 9.95. The summed E-state index contributed by atoms with van der Waals surface area (Å²) in [7, 11) is -0.752. The first-order valence-corrected chi connectivity index (χ1v) is 8.21. The molecule has 1 aromatic carbocycles. The van der Waals surface area contributed by atoms with Crippen molar-refractivity contribution in [2.24, 2.45) is 0 Å². The smallest absolute Gasteiger partial charge is 0.335 e. The third-order valence-corrected chi connectivity index (χ3v) is 4.83. The molecule has 0 aliphatic carbocycles. The topological polar surface area (TPSA) is 95.5 Å². The number of nitrogens with one attached hydrogen (secondary N) is 2. The zero-order chi connectivity index (χ0) is 15.4. The first-order valence-electron chi connectivity index (χ1n) is 6.72. The summed E-state index contributed by atoms with van der Waals surface area (Å²) in [5.41, 5.74) is 1.46. The molecule has 1 saturated heterocycles. The average Bonchev–Trinajstić information content (AvgIpc) is 2.43. The van der Waals surface area contributed by atoms with Gasteiger partial charge in [0.05, 0.1) is 5.56 Å². The van der Waals surface area contributed by atoms with Gasteiger partial charge in [0.1, 0.15) is 0 Å². The van der Waals surface area contributed by atoms with E-state index in [9.17, 15) is 13.8 Å². The second-order valence-electron chi connectivity index (χ2n) is 5.06. The predicted molar refractivity (Wildman–Crippen MR) is 81.2 cm³/mol. The minimum atomic E-state index is -0.996. The van der Waals surface area contributed by atoms with E-state index >= 15 is 0 Å². The van der Waals surface area contributed by atoms with E-state index in [1.165, 1.54) is 12.1 Å². The van der Waals surface area contributed by atoms with Crippen LogP contribution >= 0.6 is 0 Å². The van der Waals surface area contributed by atoms with Crippen LogP contribution in [0, 0.1) is 6.92 Å². The SMILES string of the molecule is Cc1cc(C(=O)O)ccc1NC(=O)NC1CCS(=O)CC1. The highest BCUT2D eigenvalue weighted by Crippen LogP contribution is 2.17. The van der Waals surface area contributed by atoms with Gasteiger partial charge in [0.15, 0.2) is 0 Å². The third-order valence-electron chi connectivity index (χ3n) is 3.44. The van der Waals surface area contributed by atoms with Crippen LogP contribution in [0.5, 0.6) is 0 Å². The van der Waals surface area contributed by atoms with Crippen molar-refractivity contribution in [1.82, 2.24) is 5.32 Å². The normalized spacial score (nSPS) is 21.6. The molecule has 7 heteroatoms. The van der Waals surface area contributed by atoms with Crippen molar-refractivity contribution >= 4 is 28.5 Å². The van der Waals surface area contributed by atoms with Gasteiger partial charge < -0.3 is 15.7 Å². The lowest BCUT2D eigenvalue weighted by molar-refractivity contribution is 0.0697. The quantitative estimate of drug-likeness (QED) is 0.792. The van der Waals surface area contributed by atoms with E-state index in [2.05, 4.69) is 10.6 Å². The summed E-state index contributed by atoms with van der Waals surface area (Å²) < 4.78 is 11.3. The van der Waals surface area contributed by atoms with Gasteiger partial charge in [-0.1, -0.05) is 0 Å². The molecule has 3 N–H and O–H groups in total. The molecule has 1 aliphatic heterocycles. The van der Waals surface area contributed by atoms with Gasteiger partial charge in [-0.2, -0.15) is 0 Å². The Morgan fingerprint density at radius 3 is 2.52 bits per heavy atom. The van der Waals surface area contributed by atoms with Gasteiger partial charge in [-0.25, -0.2) is 9.59 Å². The Kier molecular flexibility index (Phi) is 4.95. The van der Waals surface area contributed by atoms with E-state index in [4.69, 9.17) is 5.11 Å². The van der Waals surface area contributed by atoms with Gasteiger partial charge in [0.2, 0.25) is 0 Å². The zero-order valence-electron chi connectivity index (χ0n) is 11.7. The van der Waals surface area contributed by atoms with E-state index in [1.54, 1.807) is 13.0 Å². The molecule has 1 heterocycles. The number of carbonyl (C=O) groups excluding carboxylic acids is 1. The summed E-state index contributed by atoms with van der Waals surface area (Å²) in [6, 6.07) is 4.27. The van der Waals surface area contributed by atoms with Crippen LogP contribution in [0.25, 0.3) is 0 Å². The van der Waals surface area contributed by atoms with E-state index in [1.807, 2.05) is 0 Å². The molecule has 0 atom stereocenters. The fourth-order valence-electron chi connectivity index (χ4n) is 2.22. The molecule has 21 heavy (non-hydrogen) atoms. The molecule has 1 fully saturated rings. The molecular weight excluding hydrogens is 292 g/mol. The maximum absolute atomic E-state index is 11.9. The minimum Gasteiger partial charge on any atom is -0.478 e. The van der Waals surface area contributed by atoms with Crippen LogP contribution in [0.3, 0.4) is 0 Å². The van der Waals surface area contributed by atoms with E-state index in [-0.39, 0.29) is 17.6 Å². The lowest BCUT2D eigenvalue weighted by Crippen LogP contribution is -2.41. The van der Waals surface area contributed by atoms with Crippen LogP contribution in [0.4, 0.5) is 10.5 Å². The molecule has 0 spiro atoms. The Balaban J connectivity index is 1.93. The van der Waals surface area contributed by atoms with Crippen molar-refractivity contribution in [3.05, 3.63) is 29.3 Å². The minimum absolute atomic E-state index is 0.0429. The summed E-state index contributed by atoms with van der Waals surface area (Å²) >= 11 is 0. The van der Waals surface area contributed by atoms with Gasteiger partial charge >= 0.3 is 12.0 Å². The molecule has 114 valence electrons. The van der Waals surface area contributed by atoms with Gasteiger partial charge in [0.25, 0.3) is 0 Å². The van der Waals surface area contributed by atoms with Crippen molar-refractivity contribution in [3.63, 3.8) is 0 Å². The highest BCUT2D eigenvalue weighted by molar-refractivity contribution is 7.85. The number of amides is 2. The highest BCUT2D eigenvalue weighted by atomic mass is 32.2.